The largest absolute Gasteiger partial charge is 0.494 e. The number of nitrogens with zero attached hydrogens (tertiary/aromatic N) is 1. The monoisotopic (exact) mass is 447 g/mol. The van der Waals surface area contributed by atoms with Crippen LogP contribution in [0.4, 0.5) is 0 Å². The molecule has 0 unspecified atom stereocenters. The van der Waals surface area contributed by atoms with Crippen LogP contribution in [0, 0.1) is 6.92 Å². The van der Waals surface area contributed by atoms with Gasteiger partial charge in [0.15, 0.2) is 0 Å². The summed E-state index contributed by atoms with van der Waals surface area (Å²) in [5.74, 6) is 0. The number of aryl methyl sites for hydroxylation is 1. The van der Waals surface area contributed by atoms with Crippen molar-refractivity contribution in [3.8, 4) is 0 Å². The van der Waals surface area contributed by atoms with Crippen LogP contribution < -0.4 is 5.46 Å². The first-order chi connectivity index (χ1) is 15.2. The summed E-state index contributed by atoms with van der Waals surface area (Å²) in [5.41, 5.74) is 6.77. The summed E-state index contributed by atoms with van der Waals surface area (Å²) >= 11 is 0. The molecule has 0 bridgehead atoms. The van der Waals surface area contributed by atoms with Gasteiger partial charge >= 0.3 is 7.12 Å². The van der Waals surface area contributed by atoms with E-state index in [9.17, 15) is 5.21 Å². The van der Waals surface area contributed by atoms with E-state index >= 15 is 0 Å². The van der Waals surface area contributed by atoms with Gasteiger partial charge in [-0.15, -0.1) is 0 Å². The molecule has 4 rings (SSSR count). The normalized spacial score (nSPS) is 22.8. The zero-order valence-electron chi connectivity index (χ0n) is 21.7. The van der Waals surface area contributed by atoms with E-state index in [1.54, 1.807) is 0 Å². The lowest BCUT2D eigenvalue weighted by Gasteiger charge is -2.42. The van der Waals surface area contributed by atoms with Crippen molar-refractivity contribution in [2.45, 2.75) is 97.2 Å². The van der Waals surface area contributed by atoms with Crippen molar-refractivity contribution in [1.82, 2.24) is 0 Å². The number of hydrogen-bond donors (Lipinski definition) is 1. The van der Waals surface area contributed by atoms with Gasteiger partial charge in [0.25, 0.3) is 0 Å². The molecule has 1 saturated heterocycles. The fourth-order valence-corrected chi connectivity index (χ4v) is 5.02. The lowest BCUT2D eigenvalue weighted by molar-refractivity contribution is 0.00578. The van der Waals surface area contributed by atoms with Gasteiger partial charge in [0.2, 0.25) is 0 Å². The molecule has 0 atom stereocenters. The minimum Gasteiger partial charge on any atom is -0.410 e. The average molecular weight is 447 g/mol. The maximum absolute atomic E-state index is 10.1. The highest BCUT2D eigenvalue weighted by molar-refractivity contribution is 6.62. The van der Waals surface area contributed by atoms with Crippen molar-refractivity contribution in [2.24, 2.45) is 5.16 Å². The fourth-order valence-electron chi connectivity index (χ4n) is 5.02. The molecule has 2 aliphatic rings. The quantitative estimate of drug-likeness (QED) is 0.277. The van der Waals surface area contributed by atoms with Crippen LogP contribution in [0.1, 0.15) is 96.0 Å². The van der Waals surface area contributed by atoms with E-state index in [1.807, 2.05) is 24.3 Å². The molecule has 1 N–H and O–H groups in total. The van der Waals surface area contributed by atoms with Gasteiger partial charge in [-0.05, 0) is 86.5 Å². The number of fused-ring (bicyclic) bond motifs is 1. The first-order valence-corrected chi connectivity index (χ1v) is 12.0. The Bertz CT molecular complexity index is 1080. The third-order valence-corrected chi connectivity index (χ3v) is 8.26. The van der Waals surface area contributed by atoms with Crippen LogP contribution in [0.5, 0.6) is 0 Å². The third-order valence-electron chi connectivity index (χ3n) is 8.26. The number of benzene rings is 2. The van der Waals surface area contributed by atoms with Crippen molar-refractivity contribution in [3.63, 3.8) is 0 Å². The zero-order chi connectivity index (χ0) is 24.4. The molecule has 2 aromatic carbocycles. The van der Waals surface area contributed by atoms with Crippen LogP contribution in [0.3, 0.4) is 0 Å². The molecular weight excluding hydrogens is 409 g/mol. The third kappa shape index (κ3) is 4.04. The van der Waals surface area contributed by atoms with Gasteiger partial charge < -0.3 is 14.5 Å². The summed E-state index contributed by atoms with van der Waals surface area (Å²) in [5, 5.41) is 13.8. The zero-order valence-corrected chi connectivity index (χ0v) is 21.7. The minimum absolute atomic E-state index is 0.0917. The van der Waals surface area contributed by atoms with Crippen LogP contribution in [0.25, 0.3) is 0 Å². The molecule has 1 fully saturated rings. The van der Waals surface area contributed by atoms with E-state index in [2.05, 4.69) is 79.6 Å². The molecule has 1 aliphatic heterocycles. The highest BCUT2D eigenvalue weighted by atomic mass is 16.7. The first-order valence-electron chi connectivity index (χ1n) is 12.0. The maximum atomic E-state index is 10.1. The van der Waals surface area contributed by atoms with E-state index in [-0.39, 0.29) is 22.0 Å². The van der Waals surface area contributed by atoms with Gasteiger partial charge in [-0.2, -0.15) is 0 Å². The van der Waals surface area contributed by atoms with Gasteiger partial charge in [0.1, 0.15) is 5.71 Å². The molecule has 0 spiro atoms. The second-order valence-corrected chi connectivity index (χ2v) is 12.1. The smallest absolute Gasteiger partial charge is 0.410 e. The van der Waals surface area contributed by atoms with E-state index in [0.717, 1.165) is 28.6 Å². The van der Waals surface area contributed by atoms with Gasteiger partial charge in [-0.1, -0.05) is 63.2 Å². The summed E-state index contributed by atoms with van der Waals surface area (Å²) in [6.45, 7) is 19.6. The molecule has 1 heterocycles. The predicted molar refractivity (Wildman–Crippen MR) is 136 cm³/mol. The van der Waals surface area contributed by atoms with Gasteiger partial charge in [0, 0.05) is 11.1 Å². The Morgan fingerprint density at radius 2 is 1.30 bits per heavy atom. The van der Waals surface area contributed by atoms with Crippen LogP contribution in [-0.4, -0.2) is 29.2 Å². The Kier molecular flexibility index (Phi) is 5.62. The molecule has 33 heavy (non-hydrogen) atoms. The summed E-state index contributed by atoms with van der Waals surface area (Å²) in [6, 6.07) is 12.5. The van der Waals surface area contributed by atoms with Crippen LogP contribution in [0.15, 0.2) is 41.6 Å². The Labute approximate surface area is 199 Å². The SMILES string of the molecule is Cc1cc2c(cc1/C(=N/O)c1ccc(B3OC(C)(C)C(C)(C)O3)cc1)C(C)(C)CCC2(C)C. The molecule has 0 radical (unpaired) electrons. The van der Waals surface area contributed by atoms with E-state index < -0.39 is 7.12 Å². The second-order valence-electron chi connectivity index (χ2n) is 12.1. The second kappa shape index (κ2) is 7.71. The van der Waals surface area contributed by atoms with E-state index in [0.29, 0.717) is 5.71 Å². The highest BCUT2D eigenvalue weighted by Crippen LogP contribution is 2.46. The average Bonchev–Trinajstić information content (AvgIpc) is 2.94. The molecule has 2 aromatic rings. The fraction of sp³-hybridized carbons (Fsp3) is 0.536. The Balaban J connectivity index is 1.69. The van der Waals surface area contributed by atoms with Gasteiger partial charge in [-0.3, -0.25) is 0 Å². The summed E-state index contributed by atoms with van der Waals surface area (Å²) < 4.78 is 12.4. The van der Waals surface area contributed by atoms with E-state index in [1.165, 1.54) is 17.5 Å². The number of oxime groups is 1. The minimum atomic E-state index is -0.410. The first kappa shape index (κ1) is 24.0. The number of rotatable bonds is 3. The Morgan fingerprint density at radius 1 is 0.818 bits per heavy atom. The van der Waals surface area contributed by atoms with Crippen molar-refractivity contribution >= 4 is 18.3 Å². The molecule has 1 aliphatic carbocycles. The lowest BCUT2D eigenvalue weighted by Crippen LogP contribution is -2.41. The maximum Gasteiger partial charge on any atom is 0.494 e. The Morgan fingerprint density at radius 3 is 1.79 bits per heavy atom. The standard InChI is InChI=1S/C28H38BNO3/c1-18-16-22-23(26(4,5)15-14-25(22,2)3)17-21(18)24(30-31)19-10-12-20(13-11-19)29-32-27(6,7)28(8,9)33-29/h10-13,16-17,31H,14-15H2,1-9H3/b30-24+. The summed E-state index contributed by atoms with van der Waals surface area (Å²) in [6.07, 6.45) is 2.32. The lowest BCUT2D eigenvalue weighted by atomic mass is 9.62. The Hall–Kier alpha value is -2.11. The van der Waals surface area contributed by atoms with Crippen LogP contribution >= 0.6 is 0 Å². The molecule has 4 nitrogen and oxygen atoms in total. The molecule has 176 valence electrons. The molecule has 0 aromatic heterocycles. The van der Waals surface area contributed by atoms with Crippen molar-refractivity contribution < 1.29 is 14.5 Å². The highest BCUT2D eigenvalue weighted by Gasteiger charge is 2.51. The molecule has 0 amide bonds. The van der Waals surface area contributed by atoms with Crippen molar-refractivity contribution in [3.05, 3.63) is 64.2 Å². The van der Waals surface area contributed by atoms with Crippen molar-refractivity contribution in [2.75, 3.05) is 0 Å². The van der Waals surface area contributed by atoms with Gasteiger partial charge in [-0.25, -0.2) is 0 Å². The molecular formula is C28H38BNO3. The van der Waals surface area contributed by atoms with Crippen LogP contribution in [0.2, 0.25) is 0 Å². The predicted octanol–water partition coefficient (Wildman–Crippen LogP) is 5.87. The van der Waals surface area contributed by atoms with E-state index in [4.69, 9.17) is 9.31 Å². The van der Waals surface area contributed by atoms with Crippen molar-refractivity contribution in [1.29, 1.82) is 0 Å². The molecule has 0 saturated carbocycles. The topological polar surface area (TPSA) is 51.1 Å². The summed E-state index contributed by atoms with van der Waals surface area (Å²) in [7, 11) is -0.410. The summed E-state index contributed by atoms with van der Waals surface area (Å²) in [4.78, 5) is 0. The van der Waals surface area contributed by atoms with Crippen LogP contribution in [-0.2, 0) is 20.1 Å². The van der Waals surface area contributed by atoms with Gasteiger partial charge in [0.05, 0.1) is 11.2 Å². The molecule has 5 heteroatoms. The number of hydrogen-bond acceptors (Lipinski definition) is 4.